The van der Waals surface area contributed by atoms with Crippen LogP contribution in [0.2, 0.25) is 10.0 Å². The zero-order valence-corrected chi connectivity index (χ0v) is 16.8. The Morgan fingerprint density at radius 3 is 2.34 bits per heavy atom. The van der Waals surface area contributed by atoms with Crippen molar-refractivity contribution in [3.05, 3.63) is 112 Å². The van der Waals surface area contributed by atoms with Gasteiger partial charge in [0.2, 0.25) is 0 Å². The van der Waals surface area contributed by atoms with Crippen LogP contribution in [0, 0.1) is 0 Å². The Hall–Kier alpha value is -3.01. The van der Waals surface area contributed by atoms with Crippen molar-refractivity contribution >= 4 is 39.9 Å². The summed E-state index contributed by atoms with van der Waals surface area (Å²) in [4.78, 5) is 13.1. The zero-order chi connectivity index (χ0) is 20.4. The molecule has 1 amide bonds. The molecule has 0 heterocycles. The summed E-state index contributed by atoms with van der Waals surface area (Å²) in [6.45, 7) is 0. The number of phenols is 1. The highest BCUT2D eigenvalue weighted by atomic mass is 35.5. The number of fused-ring (bicyclic) bond motifs is 1. The van der Waals surface area contributed by atoms with Gasteiger partial charge in [-0.3, -0.25) is 4.79 Å². The molecule has 0 aliphatic rings. The summed E-state index contributed by atoms with van der Waals surface area (Å²) < 4.78 is 0. The Morgan fingerprint density at radius 1 is 0.862 bits per heavy atom. The number of aromatic hydroxyl groups is 1. The van der Waals surface area contributed by atoms with Crippen LogP contribution in [-0.4, -0.2) is 11.0 Å². The van der Waals surface area contributed by atoms with Crippen molar-refractivity contribution in [1.29, 1.82) is 0 Å². The first kappa shape index (κ1) is 19.3. The van der Waals surface area contributed by atoms with Gasteiger partial charge in [-0.1, -0.05) is 83.9 Å². The predicted octanol–water partition coefficient (Wildman–Crippen LogP) is 6.37. The Balaban J connectivity index is 1.84. The van der Waals surface area contributed by atoms with E-state index in [-0.39, 0.29) is 16.7 Å². The molecule has 29 heavy (non-hydrogen) atoms. The number of carbonyl (C=O) groups excluding carboxylic acids is 1. The van der Waals surface area contributed by atoms with E-state index in [1.807, 2.05) is 60.7 Å². The molecule has 3 nitrogen and oxygen atoms in total. The van der Waals surface area contributed by atoms with Crippen LogP contribution in [0.15, 0.2) is 84.9 Å². The van der Waals surface area contributed by atoms with Crippen LogP contribution in [-0.2, 0) is 0 Å². The molecule has 0 saturated carbocycles. The van der Waals surface area contributed by atoms with Gasteiger partial charge in [0.15, 0.2) is 0 Å². The van der Waals surface area contributed by atoms with Gasteiger partial charge in [0.25, 0.3) is 5.91 Å². The molecule has 5 heteroatoms. The third-order valence-corrected chi connectivity index (χ3v) is 5.37. The van der Waals surface area contributed by atoms with Crippen LogP contribution in [0.5, 0.6) is 5.75 Å². The number of rotatable bonds is 4. The van der Waals surface area contributed by atoms with Gasteiger partial charge in [0, 0.05) is 10.6 Å². The number of carbonyl (C=O) groups is 1. The standard InChI is InChI=1S/C24H17Cl2NO2/c25-17-11-12-19(20(26)14-17)24(29)27-23(16-7-2-1-3-8-16)22-18-9-5-4-6-15(18)10-13-21(22)28/h1-14,23,28H,(H,27,29). The van der Waals surface area contributed by atoms with E-state index in [0.717, 1.165) is 16.3 Å². The van der Waals surface area contributed by atoms with Crippen LogP contribution in [0.4, 0.5) is 0 Å². The van der Waals surface area contributed by atoms with Gasteiger partial charge >= 0.3 is 0 Å². The topological polar surface area (TPSA) is 49.3 Å². The van der Waals surface area contributed by atoms with Gasteiger partial charge in [-0.2, -0.15) is 0 Å². The van der Waals surface area contributed by atoms with Crippen LogP contribution >= 0.6 is 23.2 Å². The number of halogens is 2. The number of hydrogen-bond donors (Lipinski definition) is 2. The summed E-state index contributed by atoms with van der Waals surface area (Å²) in [5.41, 5.74) is 1.79. The molecule has 4 rings (SSSR count). The number of nitrogens with one attached hydrogen (secondary N) is 1. The predicted molar refractivity (Wildman–Crippen MR) is 118 cm³/mol. The van der Waals surface area contributed by atoms with E-state index in [0.29, 0.717) is 16.1 Å². The molecule has 144 valence electrons. The molecule has 4 aromatic rings. The van der Waals surface area contributed by atoms with Crippen molar-refractivity contribution in [2.75, 3.05) is 0 Å². The molecule has 0 fully saturated rings. The zero-order valence-electron chi connectivity index (χ0n) is 15.3. The summed E-state index contributed by atoms with van der Waals surface area (Å²) in [7, 11) is 0. The highest BCUT2D eigenvalue weighted by Crippen LogP contribution is 2.36. The average molecular weight is 422 g/mol. The smallest absolute Gasteiger partial charge is 0.253 e. The molecule has 1 unspecified atom stereocenters. The molecule has 0 bridgehead atoms. The molecule has 0 spiro atoms. The fourth-order valence-corrected chi connectivity index (χ4v) is 3.93. The molecule has 0 aromatic heterocycles. The first-order valence-corrected chi connectivity index (χ1v) is 9.81. The molecule has 1 atom stereocenters. The van der Waals surface area contributed by atoms with Crippen LogP contribution in [0.25, 0.3) is 10.8 Å². The number of benzene rings is 4. The fraction of sp³-hybridized carbons (Fsp3) is 0.0417. The third-order valence-electron chi connectivity index (χ3n) is 4.82. The highest BCUT2D eigenvalue weighted by molar-refractivity contribution is 6.36. The summed E-state index contributed by atoms with van der Waals surface area (Å²) in [5, 5.41) is 16.3. The van der Waals surface area contributed by atoms with Gasteiger partial charge in [0.1, 0.15) is 5.75 Å². The first-order chi connectivity index (χ1) is 14.0. The van der Waals surface area contributed by atoms with Crippen molar-refractivity contribution in [3.63, 3.8) is 0 Å². The van der Waals surface area contributed by atoms with Crippen molar-refractivity contribution in [1.82, 2.24) is 5.32 Å². The first-order valence-electron chi connectivity index (χ1n) is 9.06. The van der Waals surface area contributed by atoms with E-state index in [2.05, 4.69) is 5.32 Å². The van der Waals surface area contributed by atoms with Gasteiger partial charge in [-0.05, 0) is 40.6 Å². The second-order valence-electron chi connectivity index (χ2n) is 6.66. The summed E-state index contributed by atoms with van der Waals surface area (Å²) in [5.74, 6) is -0.243. The van der Waals surface area contributed by atoms with Crippen LogP contribution in [0.3, 0.4) is 0 Å². The second kappa shape index (κ2) is 8.16. The maximum Gasteiger partial charge on any atom is 0.253 e. The minimum Gasteiger partial charge on any atom is -0.508 e. The van der Waals surface area contributed by atoms with Crippen LogP contribution < -0.4 is 5.32 Å². The van der Waals surface area contributed by atoms with Gasteiger partial charge < -0.3 is 10.4 Å². The average Bonchev–Trinajstić information content (AvgIpc) is 2.73. The van der Waals surface area contributed by atoms with E-state index >= 15 is 0 Å². The SMILES string of the molecule is O=C(NC(c1ccccc1)c1c(O)ccc2ccccc12)c1ccc(Cl)cc1Cl. The van der Waals surface area contributed by atoms with Crippen molar-refractivity contribution in [2.24, 2.45) is 0 Å². The molecule has 0 aliphatic heterocycles. The minimum atomic E-state index is -0.568. The minimum absolute atomic E-state index is 0.111. The fourth-order valence-electron chi connectivity index (χ4n) is 3.44. The van der Waals surface area contributed by atoms with Crippen molar-refractivity contribution in [2.45, 2.75) is 6.04 Å². The molecular formula is C24H17Cl2NO2. The Labute approximate surface area is 178 Å². The largest absolute Gasteiger partial charge is 0.508 e. The lowest BCUT2D eigenvalue weighted by molar-refractivity contribution is 0.0943. The number of amides is 1. The second-order valence-corrected chi connectivity index (χ2v) is 7.50. The van der Waals surface area contributed by atoms with Crippen molar-refractivity contribution < 1.29 is 9.90 Å². The molecule has 0 radical (unpaired) electrons. The van der Waals surface area contributed by atoms with Gasteiger partial charge in [-0.25, -0.2) is 0 Å². The third kappa shape index (κ3) is 3.93. The molecular weight excluding hydrogens is 405 g/mol. The number of hydrogen-bond acceptors (Lipinski definition) is 2. The molecule has 0 aliphatic carbocycles. The lowest BCUT2D eigenvalue weighted by Crippen LogP contribution is -2.29. The van der Waals surface area contributed by atoms with E-state index in [4.69, 9.17) is 23.2 Å². The van der Waals surface area contributed by atoms with Gasteiger partial charge in [0.05, 0.1) is 16.6 Å². The normalized spacial score (nSPS) is 11.9. The Kier molecular flexibility index (Phi) is 5.43. The quantitative estimate of drug-likeness (QED) is 0.401. The molecule has 4 aromatic carbocycles. The monoisotopic (exact) mass is 421 g/mol. The Bertz CT molecular complexity index is 1190. The van der Waals surface area contributed by atoms with Gasteiger partial charge in [-0.15, -0.1) is 0 Å². The van der Waals surface area contributed by atoms with E-state index < -0.39 is 6.04 Å². The van der Waals surface area contributed by atoms with Crippen LogP contribution in [0.1, 0.15) is 27.5 Å². The lowest BCUT2D eigenvalue weighted by Gasteiger charge is -2.23. The maximum absolute atomic E-state index is 13.1. The molecule has 0 saturated heterocycles. The number of phenolic OH excluding ortho intramolecular Hbond substituents is 1. The molecule has 2 N–H and O–H groups in total. The maximum atomic E-state index is 13.1. The summed E-state index contributed by atoms with van der Waals surface area (Å²) >= 11 is 12.2. The summed E-state index contributed by atoms with van der Waals surface area (Å²) in [6.07, 6.45) is 0. The van der Waals surface area contributed by atoms with E-state index in [1.54, 1.807) is 18.2 Å². The highest BCUT2D eigenvalue weighted by Gasteiger charge is 2.24. The summed E-state index contributed by atoms with van der Waals surface area (Å²) in [6, 6.07) is 24.9. The van der Waals surface area contributed by atoms with Crippen molar-refractivity contribution in [3.8, 4) is 5.75 Å². The van der Waals surface area contributed by atoms with E-state index in [1.165, 1.54) is 6.07 Å². The van der Waals surface area contributed by atoms with E-state index in [9.17, 15) is 9.90 Å². The Morgan fingerprint density at radius 2 is 1.59 bits per heavy atom. The lowest BCUT2D eigenvalue weighted by atomic mass is 9.92.